The molecule has 0 aliphatic heterocycles. The number of nitrogens with one attached hydrogen (secondary N) is 1. The molecule has 0 aromatic heterocycles. The maximum Gasteiger partial charge on any atom is 0.244 e. The van der Waals surface area contributed by atoms with Crippen molar-refractivity contribution in [3.05, 3.63) is 59.2 Å². The van der Waals surface area contributed by atoms with Gasteiger partial charge in [0.2, 0.25) is 11.8 Å². The van der Waals surface area contributed by atoms with Gasteiger partial charge in [-0.2, -0.15) is 0 Å². The predicted molar refractivity (Wildman–Crippen MR) is 108 cm³/mol. The summed E-state index contributed by atoms with van der Waals surface area (Å²) in [5.74, 6) is -0.382. The molecular formula is C22H28N2O2. The van der Waals surface area contributed by atoms with E-state index in [1.807, 2.05) is 56.3 Å². The highest BCUT2D eigenvalue weighted by Gasteiger charge is 2.18. The van der Waals surface area contributed by atoms with E-state index < -0.39 is 0 Å². The molecule has 4 nitrogen and oxygen atoms in total. The van der Waals surface area contributed by atoms with Gasteiger partial charge >= 0.3 is 0 Å². The standard InChI is InChI=1S/C22H28N2O2/c1-15-7-10-19(13-16(15)2)23-21(26)14-24(17(3)25)20-11-8-18(9-12-20)22(4,5)6/h7-13H,14H2,1-6H3,(H,23,26). The van der Waals surface area contributed by atoms with E-state index >= 15 is 0 Å². The molecule has 4 heteroatoms. The summed E-state index contributed by atoms with van der Waals surface area (Å²) < 4.78 is 0. The van der Waals surface area contributed by atoms with Crippen molar-refractivity contribution >= 4 is 23.2 Å². The number of hydrogen-bond donors (Lipinski definition) is 1. The first-order chi connectivity index (χ1) is 12.1. The monoisotopic (exact) mass is 352 g/mol. The highest BCUT2D eigenvalue weighted by molar-refractivity contribution is 6.01. The summed E-state index contributed by atoms with van der Waals surface area (Å²) in [6.07, 6.45) is 0. The van der Waals surface area contributed by atoms with Crippen LogP contribution in [0, 0.1) is 13.8 Å². The van der Waals surface area contributed by atoms with Crippen LogP contribution in [0.15, 0.2) is 42.5 Å². The van der Waals surface area contributed by atoms with Gasteiger partial charge in [-0.15, -0.1) is 0 Å². The molecule has 0 spiro atoms. The Kier molecular flexibility index (Phi) is 5.86. The molecule has 0 saturated carbocycles. The van der Waals surface area contributed by atoms with Crippen molar-refractivity contribution in [3.63, 3.8) is 0 Å². The molecule has 2 amide bonds. The molecule has 0 aliphatic carbocycles. The highest BCUT2D eigenvalue weighted by atomic mass is 16.2. The van der Waals surface area contributed by atoms with Crippen LogP contribution in [0.4, 0.5) is 11.4 Å². The molecule has 0 bridgehead atoms. The Balaban J connectivity index is 2.13. The SMILES string of the molecule is CC(=O)N(CC(=O)Nc1ccc(C)c(C)c1)c1ccc(C(C)(C)C)cc1. The molecule has 2 aromatic carbocycles. The average Bonchev–Trinajstić information content (AvgIpc) is 2.55. The zero-order chi connectivity index (χ0) is 19.5. The molecular weight excluding hydrogens is 324 g/mol. The number of carbonyl (C=O) groups is 2. The number of hydrogen-bond acceptors (Lipinski definition) is 2. The Hall–Kier alpha value is -2.62. The van der Waals surface area contributed by atoms with E-state index in [1.54, 1.807) is 0 Å². The van der Waals surface area contributed by atoms with E-state index in [1.165, 1.54) is 23.0 Å². The van der Waals surface area contributed by atoms with E-state index in [2.05, 4.69) is 26.1 Å². The second-order valence-electron chi connectivity index (χ2n) is 7.75. The third-order valence-electron chi connectivity index (χ3n) is 4.52. The zero-order valence-corrected chi connectivity index (χ0v) is 16.5. The van der Waals surface area contributed by atoms with Gasteiger partial charge in [-0.1, -0.05) is 39.0 Å². The van der Waals surface area contributed by atoms with Crippen LogP contribution in [0.25, 0.3) is 0 Å². The Labute approximate surface area is 156 Å². The molecule has 26 heavy (non-hydrogen) atoms. The first kappa shape index (κ1) is 19.7. The fraction of sp³-hybridized carbons (Fsp3) is 0.364. The molecule has 0 fully saturated rings. The summed E-state index contributed by atoms with van der Waals surface area (Å²) in [5, 5.41) is 2.87. The maximum absolute atomic E-state index is 12.4. The minimum Gasteiger partial charge on any atom is -0.325 e. The topological polar surface area (TPSA) is 49.4 Å². The molecule has 0 saturated heterocycles. The highest BCUT2D eigenvalue weighted by Crippen LogP contribution is 2.25. The molecule has 0 atom stereocenters. The number of carbonyl (C=O) groups excluding carboxylic acids is 2. The van der Waals surface area contributed by atoms with Crippen molar-refractivity contribution in [1.82, 2.24) is 0 Å². The van der Waals surface area contributed by atoms with Crippen LogP contribution in [0.3, 0.4) is 0 Å². The van der Waals surface area contributed by atoms with Gasteiger partial charge in [-0.05, 0) is 60.2 Å². The van der Waals surface area contributed by atoms with E-state index in [4.69, 9.17) is 0 Å². The van der Waals surface area contributed by atoms with Crippen molar-refractivity contribution in [1.29, 1.82) is 0 Å². The molecule has 2 aromatic rings. The van der Waals surface area contributed by atoms with E-state index in [-0.39, 0.29) is 23.8 Å². The quantitative estimate of drug-likeness (QED) is 0.875. The zero-order valence-electron chi connectivity index (χ0n) is 16.5. The van der Waals surface area contributed by atoms with Gasteiger partial charge in [0, 0.05) is 18.3 Å². The van der Waals surface area contributed by atoms with Crippen LogP contribution in [0.1, 0.15) is 44.4 Å². The number of anilines is 2. The first-order valence-corrected chi connectivity index (χ1v) is 8.83. The minimum atomic E-state index is -0.219. The number of benzene rings is 2. The van der Waals surface area contributed by atoms with Gasteiger partial charge in [-0.25, -0.2) is 0 Å². The van der Waals surface area contributed by atoms with Crippen LogP contribution in [0.5, 0.6) is 0 Å². The largest absolute Gasteiger partial charge is 0.325 e. The van der Waals surface area contributed by atoms with Gasteiger partial charge in [-0.3, -0.25) is 9.59 Å². The molecule has 138 valence electrons. The van der Waals surface area contributed by atoms with E-state index in [9.17, 15) is 9.59 Å². The fourth-order valence-corrected chi connectivity index (χ4v) is 2.69. The van der Waals surface area contributed by atoms with Crippen LogP contribution in [-0.2, 0) is 15.0 Å². The van der Waals surface area contributed by atoms with Crippen LogP contribution < -0.4 is 10.2 Å². The summed E-state index contributed by atoms with van der Waals surface area (Å²) in [6, 6.07) is 13.6. The lowest BCUT2D eigenvalue weighted by Crippen LogP contribution is -2.36. The Morgan fingerprint density at radius 3 is 2.08 bits per heavy atom. The number of amides is 2. The molecule has 2 rings (SSSR count). The van der Waals surface area contributed by atoms with E-state index in [0.717, 1.165) is 16.9 Å². The Morgan fingerprint density at radius 2 is 1.58 bits per heavy atom. The number of rotatable bonds is 4. The molecule has 0 radical (unpaired) electrons. The maximum atomic E-state index is 12.4. The third-order valence-corrected chi connectivity index (χ3v) is 4.52. The van der Waals surface area contributed by atoms with Crippen molar-refractivity contribution in [2.45, 2.75) is 47.0 Å². The van der Waals surface area contributed by atoms with Gasteiger partial charge in [0.15, 0.2) is 0 Å². The lowest BCUT2D eigenvalue weighted by molar-refractivity contribution is -0.120. The van der Waals surface area contributed by atoms with Gasteiger partial charge in [0.25, 0.3) is 0 Å². The number of aryl methyl sites for hydroxylation is 2. The van der Waals surface area contributed by atoms with Crippen LogP contribution >= 0.6 is 0 Å². The van der Waals surface area contributed by atoms with Crippen molar-refractivity contribution in [3.8, 4) is 0 Å². The Morgan fingerprint density at radius 1 is 0.962 bits per heavy atom. The predicted octanol–water partition coefficient (Wildman–Crippen LogP) is 4.59. The van der Waals surface area contributed by atoms with Gasteiger partial charge < -0.3 is 10.2 Å². The second-order valence-corrected chi connectivity index (χ2v) is 7.75. The third kappa shape index (κ3) is 4.94. The molecule has 0 aliphatic rings. The average molecular weight is 352 g/mol. The minimum absolute atomic E-state index is 0.0167. The van der Waals surface area contributed by atoms with Gasteiger partial charge in [0.1, 0.15) is 6.54 Å². The molecule has 1 N–H and O–H groups in total. The molecule has 0 heterocycles. The van der Waals surface area contributed by atoms with Crippen LogP contribution in [-0.4, -0.2) is 18.4 Å². The lowest BCUT2D eigenvalue weighted by Gasteiger charge is -2.23. The van der Waals surface area contributed by atoms with Crippen molar-refractivity contribution in [2.75, 3.05) is 16.8 Å². The summed E-state index contributed by atoms with van der Waals surface area (Å²) in [7, 11) is 0. The normalized spacial score (nSPS) is 11.2. The van der Waals surface area contributed by atoms with E-state index in [0.29, 0.717) is 0 Å². The second kappa shape index (κ2) is 7.73. The molecule has 0 unspecified atom stereocenters. The van der Waals surface area contributed by atoms with Crippen molar-refractivity contribution < 1.29 is 9.59 Å². The summed E-state index contributed by atoms with van der Waals surface area (Å²) in [5.41, 5.74) is 4.98. The Bertz CT molecular complexity index is 802. The van der Waals surface area contributed by atoms with Gasteiger partial charge in [0.05, 0.1) is 0 Å². The smallest absolute Gasteiger partial charge is 0.244 e. The summed E-state index contributed by atoms with van der Waals surface area (Å²) in [6.45, 7) is 11.9. The fourth-order valence-electron chi connectivity index (χ4n) is 2.69. The lowest BCUT2D eigenvalue weighted by atomic mass is 9.87. The summed E-state index contributed by atoms with van der Waals surface area (Å²) in [4.78, 5) is 26.0. The van der Waals surface area contributed by atoms with Crippen molar-refractivity contribution in [2.24, 2.45) is 0 Å². The summed E-state index contributed by atoms with van der Waals surface area (Å²) >= 11 is 0. The first-order valence-electron chi connectivity index (χ1n) is 8.83. The number of nitrogens with zero attached hydrogens (tertiary/aromatic N) is 1. The van der Waals surface area contributed by atoms with Crippen LogP contribution in [0.2, 0.25) is 0 Å².